The molecule has 0 aliphatic heterocycles. The molecule has 1 heterocycles. The third-order valence-electron chi connectivity index (χ3n) is 5.07. The Morgan fingerprint density at radius 2 is 2.03 bits per heavy atom. The molecule has 30 heavy (non-hydrogen) atoms. The van der Waals surface area contributed by atoms with E-state index in [0.717, 1.165) is 22.4 Å². The highest BCUT2D eigenvalue weighted by molar-refractivity contribution is 6.32. The normalized spacial score (nSPS) is 19.2. The minimum absolute atomic E-state index is 0.0985. The SMILES string of the molecule is C=C/C=C(\C=NC)C1(C)C=CC=C(c2c(-c3cc(Cl)c(O)cc3O)n[nH]c2C)C=C1. The summed E-state index contributed by atoms with van der Waals surface area (Å²) in [4.78, 5) is 4.17. The van der Waals surface area contributed by atoms with Crippen molar-refractivity contribution in [2.24, 2.45) is 10.4 Å². The van der Waals surface area contributed by atoms with Gasteiger partial charge in [0.1, 0.15) is 17.2 Å². The van der Waals surface area contributed by atoms with Gasteiger partial charge in [0.2, 0.25) is 0 Å². The first-order valence-electron chi connectivity index (χ1n) is 9.42. The van der Waals surface area contributed by atoms with Crippen molar-refractivity contribution in [3.05, 3.63) is 83.1 Å². The quantitative estimate of drug-likeness (QED) is 0.423. The lowest BCUT2D eigenvalue weighted by Crippen LogP contribution is -2.14. The minimum atomic E-state index is -0.367. The van der Waals surface area contributed by atoms with E-state index in [1.807, 2.05) is 37.4 Å². The molecule has 1 aliphatic rings. The number of allylic oxidation sites excluding steroid dienone is 9. The number of rotatable bonds is 5. The molecule has 2 aromatic rings. The number of aromatic nitrogens is 2. The Morgan fingerprint density at radius 1 is 1.27 bits per heavy atom. The lowest BCUT2D eigenvalue weighted by molar-refractivity contribution is 0.452. The standard InChI is InChI=1S/C24H24ClN3O2/c1-5-7-17(14-26-4)24(3)10-6-8-16(9-11-24)22-15(2)27-28-23(22)18-12-19(25)21(30)13-20(18)29/h5-14,29-30H,1H2,2-4H3,(H,27,28)/b17-7+,26-14?. The van der Waals surface area contributed by atoms with Gasteiger partial charge in [-0.1, -0.05) is 60.7 Å². The summed E-state index contributed by atoms with van der Waals surface area (Å²) in [6, 6.07) is 2.73. The third kappa shape index (κ3) is 4.02. The van der Waals surface area contributed by atoms with E-state index in [-0.39, 0.29) is 21.9 Å². The lowest BCUT2D eigenvalue weighted by atomic mass is 9.81. The zero-order valence-corrected chi connectivity index (χ0v) is 17.9. The van der Waals surface area contributed by atoms with Gasteiger partial charge in [-0.25, -0.2) is 0 Å². The Balaban J connectivity index is 2.10. The molecule has 1 atom stereocenters. The molecule has 1 unspecified atom stereocenters. The number of aliphatic imine (C=N–C) groups is 1. The van der Waals surface area contributed by atoms with Crippen molar-refractivity contribution >= 4 is 23.4 Å². The number of phenolic OH excluding ortho intramolecular Hbond substituents is 2. The van der Waals surface area contributed by atoms with Gasteiger partial charge in [0, 0.05) is 41.6 Å². The molecule has 3 rings (SSSR count). The highest BCUT2D eigenvalue weighted by Crippen LogP contribution is 2.41. The number of aromatic amines is 1. The highest BCUT2D eigenvalue weighted by Gasteiger charge is 2.24. The average Bonchev–Trinajstić information content (AvgIpc) is 2.96. The molecular weight excluding hydrogens is 398 g/mol. The number of hydrogen-bond acceptors (Lipinski definition) is 4. The zero-order chi connectivity index (χ0) is 21.9. The van der Waals surface area contributed by atoms with Crippen molar-refractivity contribution in [1.29, 1.82) is 0 Å². The van der Waals surface area contributed by atoms with Crippen LogP contribution in [0.1, 0.15) is 18.2 Å². The number of aryl methyl sites for hydroxylation is 1. The summed E-state index contributed by atoms with van der Waals surface area (Å²) in [7, 11) is 1.74. The maximum Gasteiger partial charge on any atom is 0.137 e. The number of halogens is 1. The molecule has 0 bridgehead atoms. The van der Waals surface area contributed by atoms with Crippen molar-refractivity contribution in [2.45, 2.75) is 13.8 Å². The molecule has 1 aliphatic carbocycles. The smallest absolute Gasteiger partial charge is 0.137 e. The van der Waals surface area contributed by atoms with Crippen LogP contribution in [0.3, 0.4) is 0 Å². The third-order valence-corrected chi connectivity index (χ3v) is 5.37. The molecule has 1 aromatic carbocycles. The molecule has 1 aromatic heterocycles. The van der Waals surface area contributed by atoms with E-state index < -0.39 is 0 Å². The summed E-state index contributed by atoms with van der Waals surface area (Å²) in [5.74, 6) is -0.281. The van der Waals surface area contributed by atoms with Crippen LogP contribution in [0.4, 0.5) is 0 Å². The van der Waals surface area contributed by atoms with Gasteiger partial charge >= 0.3 is 0 Å². The van der Waals surface area contributed by atoms with Crippen LogP contribution in [0.2, 0.25) is 5.02 Å². The maximum atomic E-state index is 10.4. The minimum Gasteiger partial charge on any atom is -0.507 e. The van der Waals surface area contributed by atoms with E-state index in [1.54, 1.807) is 13.1 Å². The molecule has 6 heteroatoms. The molecule has 154 valence electrons. The Bertz CT molecular complexity index is 1140. The lowest BCUT2D eigenvalue weighted by Gasteiger charge is -2.22. The molecule has 0 spiro atoms. The molecule has 0 saturated carbocycles. The Kier molecular flexibility index (Phi) is 6.13. The number of benzene rings is 1. The second-order valence-electron chi connectivity index (χ2n) is 7.24. The average molecular weight is 422 g/mol. The number of nitrogens with one attached hydrogen (secondary N) is 1. The number of phenols is 2. The van der Waals surface area contributed by atoms with Crippen LogP contribution in [-0.2, 0) is 0 Å². The monoisotopic (exact) mass is 421 g/mol. The predicted octanol–water partition coefficient (Wildman–Crippen LogP) is 5.78. The summed E-state index contributed by atoms with van der Waals surface area (Å²) < 4.78 is 0. The van der Waals surface area contributed by atoms with E-state index in [4.69, 9.17) is 11.6 Å². The fourth-order valence-electron chi connectivity index (χ4n) is 3.43. The summed E-state index contributed by atoms with van der Waals surface area (Å²) in [6.45, 7) is 7.82. The highest BCUT2D eigenvalue weighted by atomic mass is 35.5. The van der Waals surface area contributed by atoms with Gasteiger partial charge in [-0.05, 0) is 31.1 Å². The van der Waals surface area contributed by atoms with E-state index in [1.165, 1.54) is 12.1 Å². The molecule has 3 N–H and O–H groups in total. The summed E-state index contributed by atoms with van der Waals surface area (Å²) >= 11 is 6.07. The van der Waals surface area contributed by atoms with Crippen molar-refractivity contribution in [3.8, 4) is 22.8 Å². The van der Waals surface area contributed by atoms with Crippen LogP contribution in [0.5, 0.6) is 11.5 Å². The van der Waals surface area contributed by atoms with E-state index in [0.29, 0.717) is 11.3 Å². The molecule has 0 radical (unpaired) electrons. The number of H-pyrrole nitrogens is 1. The van der Waals surface area contributed by atoms with E-state index in [2.05, 4.69) is 40.8 Å². The summed E-state index contributed by atoms with van der Waals surface area (Å²) in [6.07, 6.45) is 15.7. The van der Waals surface area contributed by atoms with Gasteiger partial charge in [-0.15, -0.1) is 0 Å². The Labute approximate surface area is 181 Å². The second kappa shape index (κ2) is 8.59. The van der Waals surface area contributed by atoms with Gasteiger partial charge in [0.05, 0.1) is 5.02 Å². The molecule has 0 amide bonds. The number of nitrogens with zero attached hydrogens (tertiary/aromatic N) is 2. The molecular formula is C24H24ClN3O2. The topological polar surface area (TPSA) is 81.5 Å². The van der Waals surface area contributed by atoms with Gasteiger partial charge in [0.15, 0.2) is 0 Å². The van der Waals surface area contributed by atoms with Crippen LogP contribution in [0.25, 0.3) is 16.8 Å². The molecule has 0 fully saturated rings. The summed E-state index contributed by atoms with van der Waals surface area (Å²) in [5, 5.41) is 27.6. The first-order valence-corrected chi connectivity index (χ1v) is 9.80. The van der Waals surface area contributed by atoms with E-state index in [9.17, 15) is 10.2 Å². The van der Waals surface area contributed by atoms with Gasteiger partial charge in [0.25, 0.3) is 0 Å². The largest absolute Gasteiger partial charge is 0.507 e. The summed E-state index contributed by atoms with van der Waals surface area (Å²) in [5.41, 5.74) is 4.24. The van der Waals surface area contributed by atoms with Crippen molar-refractivity contribution in [1.82, 2.24) is 10.2 Å². The van der Waals surface area contributed by atoms with Gasteiger partial charge in [-0.2, -0.15) is 5.10 Å². The van der Waals surface area contributed by atoms with E-state index >= 15 is 0 Å². The van der Waals surface area contributed by atoms with Crippen molar-refractivity contribution < 1.29 is 10.2 Å². The fourth-order valence-corrected chi connectivity index (χ4v) is 3.59. The first kappa shape index (κ1) is 21.4. The number of hydrogen-bond donors (Lipinski definition) is 3. The number of aromatic hydroxyl groups is 2. The second-order valence-corrected chi connectivity index (χ2v) is 7.64. The predicted molar refractivity (Wildman–Crippen MR) is 124 cm³/mol. The first-order chi connectivity index (χ1) is 14.3. The van der Waals surface area contributed by atoms with Crippen LogP contribution >= 0.6 is 11.6 Å². The molecule has 5 nitrogen and oxygen atoms in total. The van der Waals surface area contributed by atoms with Crippen LogP contribution in [0.15, 0.2) is 71.8 Å². The van der Waals surface area contributed by atoms with Gasteiger partial charge in [-0.3, -0.25) is 10.1 Å². The maximum absolute atomic E-state index is 10.4. The van der Waals surface area contributed by atoms with Crippen LogP contribution in [0, 0.1) is 12.3 Å². The van der Waals surface area contributed by atoms with Crippen LogP contribution in [-0.4, -0.2) is 33.7 Å². The molecule has 0 saturated heterocycles. The Hall–Kier alpha value is -3.31. The van der Waals surface area contributed by atoms with Crippen molar-refractivity contribution in [2.75, 3.05) is 7.05 Å². The zero-order valence-electron chi connectivity index (χ0n) is 17.1. The van der Waals surface area contributed by atoms with Crippen molar-refractivity contribution in [3.63, 3.8) is 0 Å². The Morgan fingerprint density at radius 3 is 2.73 bits per heavy atom. The fraction of sp³-hybridized carbons (Fsp3) is 0.167. The van der Waals surface area contributed by atoms with Crippen LogP contribution < -0.4 is 0 Å². The van der Waals surface area contributed by atoms with Gasteiger partial charge < -0.3 is 10.2 Å².